The number of aromatic nitrogens is 5. The molecule has 136 valence electrons. The SMILES string of the molecule is CC1(C)CN(c2cc(-c3c[nH]c(=O)[nH]c3=O)nn3ccnc23)CC1(F)F. The molecule has 0 aliphatic carbocycles. The third-order valence-corrected chi connectivity index (χ3v) is 4.74. The van der Waals surface area contributed by atoms with Crippen LogP contribution in [0.4, 0.5) is 14.5 Å². The van der Waals surface area contributed by atoms with Gasteiger partial charge in [0.05, 0.1) is 17.8 Å². The molecule has 26 heavy (non-hydrogen) atoms. The summed E-state index contributed by atoms with van der Waals surface area (Å²) >= 11 is 0. The maximum absolute atomic E-state index is 14.3. The normalized spacial score (nSPS) is 18.5. The highest BCUT2D eigenvalue weighted by atomic mass is 19.3. The number of anilines is 1. The molecule has 1 saturated heterocycles. The summed E-state index contributed by atoms with van der Waals surface area (Å²) in [5, 5.41) is 4.30. The van der Waals surface area contributed by atoms with E-state index >= 15 is 0 Å². The third kappa shape index (κ3) is 2.40. The van der Waals surface area contributed by atoms with Gasteiger partial charge in [-0.2, -0.15) is 5.10 Å². The monoisotopic (exact) mass is 362 g/mol. The highest BCUT2D eigenvalue weighted by Gasteiger charge is 2.54. The van der Waals surface area contributed by atoms with Crippen molar-refractivity contribution in [1.82, 2.24) is 24.6 Å². The molecule has 0 atom stereocenters. The van der Waals surface area contributed by atoms with E-state index in [9.17, 15) is 18.4 Å². The fourth-order valence-electron chi connectivity index (χ4n) is 3.14. The second-order valence-electron chi connectivity index (χ2n) is 7.04. The summed E-state index contributed by atoms with van der Waals surface area (Å²) in [6, 6.07) is 1.54. The summed E-state index contributed by atoms with van der Waals surface area (Å²) in [5.74, 6) is -2.87. The van der Waals surface area contributed by atoms with Crippen LogP contribution in [0.5, 0.6) is 0 Å². The van der Waals surface area contributed by atoms with Crippen LogP contribution >= 0.6 is 0 Å². The Morgan fingerprint density at radius 1 is 1.23 bits per heavy atom. The van der Waals surface area contributed by atoms with Gasteiger partial charge in [-0.1, -0.05) is 13.8 Å². The highest BCUT2D eigenvalue weighted by molar-refractivity contribution is 5.74. The summed E-state index contributed by atoms with van der Waals surface area (Å²) in [7, 11) is 0. The lowest BCUT2D eigenvalue weighted by atomic mass is 9.89. The van der Waals surface area contributed by atoms with Crippen molar-refractivity contribution in [1.29, 1.82) is 0 Å². The van der Waals surface area contributed by atoms with Crippen molar-refractivity contribution in [2.75, 3.05) is 18.0 Å². The number of nitrogens with one attached hydrogen (secondary N) is 2. The van der Waals surface area contributed by atoms with E-state index in [1.165, 1.54) is 30.8 Å². The van der Waals surface area contributed by atoms with Gasteiger partial charge < -0.3 is 9.88 Å². The van der Waals surface area contributed by atoms with Crippen LogP contribution in [-0.4, -0.2) is 43.6 Å². The fraction of sp³-hybridized carbons (Fsp3) is 0.375. The van der Waals surface area contributed by atoms with Crippen molar-refractivity contribution in [3.8, 4) is 11.3 Å². The van der Waals surface area contributed by atoms with Gasteiger partial charge in [0.25, 0.3) is 11.5 Å². The minimum atomic E-state index is -2.87. The molecule has 0 spiro atoms. The van der Waals surface area contributed by atoms with E-state index < -0.39 is 29.1 Å². The predicted molar refractivity (Wildman–Crippen MR) is 90.6 cm³/mol. The summed E-state index contributed by atoms with van der Waals surface area (Å²) in [6.45, 7) is 2.72. The van der Waals surface area contributed by atoms with Crippen molar-refractivity contribution in [2.45, 2.75) is 19.8 Å². The van der Waals surface area contributed by atoms with Crippen molar-refractivity contribution in [3.05, 3.63) is 45.5 Å². The van der Waals surface area contributed by atoms with Crippen molar-refractivity contribution < 1.29 is 8.78 Å². The van der Waals surface area contributed by atoms with Gasteiger partial charge in [0.1, 0.15) is 5.69 Å². The third-order valence-electron chi connectivity index (χ3n) is 4.74. The Labute approximate surface area is 145 Å². The summed E-state index contributed by atoms with van der Waals surface area (Å²) in [6.07, 6.45) is 4.33. The van der Waals surface area contributed by atoms with E-state index in [-0.39, 0.29) is 17.8 Å². The van der Waals surface area contributed by atoms with Crippen LogP contribution in [0, 0.1) is 5.41 Å². The standard InChI is InChI=1S/C16H16F2N6O2/c1-15(2)7-23(8-16(15,17)18)11-5-10(22-24-4-3-19-12(11)24)9-6-20-14(26)21-13(9)25/h3-6H,7-8H2,1-2H3,(H2,20,21,25,26). The van der Waals surface area contributed by atoms with E-state index in [0.29, 0.717) is 11.3 Å². The number of rotatable bonds is 2. The molecular formula is C16H16F2N6O2. The van der Waals surface area contributed by atoms with Gasteiger partial charge in [-0.25, -0.2) is 23.1 Å². The molecule has 3 aromatic heterocycles. The Hall–Kier alpha value is -3.04. The molecule has 0 radical (unpaired) electrons. The molecule has 0 unspecified atom stereocenters. The zero-order valence-corrected chi connectivity index (χ0v) is 14.1. The zero-order valence-electron chi connectivity index (χ0n) is 14.1. The number of imidazole rings is 1. The van der Waals surface area contributed by atoms with Crippen LogP contribution in [0.15, 0.2) is 34.2 Å². The summed E-state index contributed by atoms with van der Waals surface area (Å²) in [5.41, 5.74) is -1.20. The number of aromatic amines is 2. The Morgan fingerprint density at radius 3 is 2.65 bits per heavy atom. The van der Waals surface area contributed by atoms with Gasteiger partial charge in [0, 0.05) is 30.6 Å². The smallest absolute Gasteiger partial charge is 0.325 e. The van der Waals surface area contributed by atoms with Crippen molar-refractivity contribution in [2.24, 2.45) is 5.41 Å². The summed E-state index contributed by atoms with van der Waals surface area (Å²) in [4.78, 5) is 33.6. The van der Waals surface area contributed by atoms with Crippen LogP contribution in [-0.2, 0) is 0 Å². The average Bonchev–Trinajstić information content (AvgIpc) is 3.08. The average molecular weight is 362 g/mol. The molecular weight excluding hydrogens is 346 g/mol. The molecule has 4 heterocycles. The van der Waals surface area contributed by atoms with Crippen LogP contribution in [0.1, 0.15) is 13.8 Å². The first kappa shape index (κ1) is 16.4. The molecule has 8 nitrogen and oxygen atoms in total. The fourth-order valence-corrected chi connectivity index (χ4v) is 3.14. The molecule has 0 aromatic carbocycles. The molecule has 10 heteroatoms. The molecule has 2 N–H and O–H groups in total. The molecule has 4 rings (SSSR count). The van der Waals surface area contributed by atoms with Gasteiger partial charge in [0.15, 0.2) is 5.65 Å². The molecule has 1 aliphatic heterocycles. The largest absolute Gasteiger partial charge is 0.362 e. The second-order valence-corrected chi connectivity index (χ2v) is 7.04. The Bertz CT molecular complexity index is 1100. The van der Waals surface area contributed by atoms with E-state index in [1.54, 1.807) is 17.2 Å². The lowest BCUT2D eigenvalue weighted by Crippen LogP contribution is -2.34. The Kier molecular flexibility index (Phi) is 3.30. The van der Waals surface area contributed by atoms with Crippen LogP contribution in [0.25, 0.3) is 16.9 Å². The Balaban J connectivity index is 1.89. The van der Waals surface area contributed by atoms with Crippen LogP contribution in [0.3, 0.4) is 0 Å². The molecule has 0 amide bonds. The molecule has 1 aliphatic rings. The maximum atomic E-state index is 14.3. The molecule has 1 fully saturated rings. The Morgan fingerprint density at radius 2 is 2.00 bits per heavy atom. The zero-order chi connectivity index (χ0) is 18.7. The van der Waals surface area contributed by atoms with Gasteiger partial charge in [-0.3, -0.25) is 9.78 Å². The lowest BCUT2D eigenvalue weighted by molar-refractivity contribution is -0.0642. The van der Waals surface area contributed by atoms with Crippen LogP contribution in [0.2, 0.25) is 0 Å². The molecule has 0 saturated carbocycles. The van der Waals surface area contributed by atoms with Crippen molar-refractivity contribution >= 4 is 11.3 Å². The topological polar surface area (TPSA) is 99.2 Å². The van der Waals surface area contributed by atoms with E-state index in [1.807, 2.05) is 0 Å². The number of halogens is 2. The minimum absolute atomic E-state index is 0.131. The quantitative estimate of drug-likeness (QED) is 0.715. The number of alkyl halides is 2. The number of nitrogens with zero attached hydrogens (tertiary/aromatic N) is 4. The minimum Gasteiger partial charge on any atom is -0.362 e. The van der Waals surface area contributed by atoms with Gasteiger partial charge in [-0.05, 0) is 6.07 Å². The molecule has 3 aromatic rings. The van der Waals surface area contributed by atoms with E-state index in [2.05, 4.69) is 20.1 Å². The lowest BCUT2D eigenvalue weighted by Gasteiger charge is -2.24. The first-order chi connectivity index (χ1) is 12.2. The molecule has 0 bridgehead atoms. The number of hydrogen-bond donors (Lipinski definition) is 2. The number of H-pyrrole nitrogens is 2. The van der Waals surface area contributed by atoms with E-state index in [0.717, 1.165) is 0 Å². The first-order valence-electron chi connectivity index (χ1n) is 7.97. The highest BCUT2D eigenvalue weighted by Crippen LogP contribution is 2.45. The second kappa shape index (κ2) is 5.23. The first-order valence-corrected chi connectivity index (χ1v) is 7.97. The van der Waals surface area contributed by atoms with Gasteiger partial charge >= 0.3 is 5.69 Å². The maximum Gasteiger partial charge on any atom is 0.325 e. The van der Waals surface area contributed by atoms with Crippen LogP contribution < -0.4 is 16.1 Å². The van der Waals surface area contributed by atoms with Crippen molar-refractivity contribution in [3.63, 3.8) is 0 Å². The number of fused-ring (bicyclic) bond motifs is 1. The van der Waals surface area contributed by atoms with Gasteiger partial charge in [-0.15, -0.1) is 0 Å². The van der Waals surface area contributed by atoms with E-state index in [4.69, 9.17) is 0 Å². The van der Waals surface area contributed by atoms with Gasteiger partial charge in [0.2, 0.25) is 0 Å². The predicted octanol–water partition coefficient (Wildman–Crippen LogP) is 1.25. The number of hydrogen-bond acceptors (Lipinski definition) is 5. The summed E-state index contributed by atoms with van der Waals surface area (Å²) < 4.78 is 30.1.